The monoisotopic (exact) mass is 412 g/mol. The standard InChI is InChI=1S/C17H24N4O8/c22-12(10-28-15-3-1-2-14-13(15)8-16(23)20-14)9-18-4-5-19-17(24)11-27-6-7-29-21(25)26/h1-3,12,18,22H,4-11H2,(H,19,24)(H,20,23). The van der Waals surface area contributed by atoms with Gasteiger partial charge in [0.05, 0.1) is 13.0 Å². The van der Waals surface area contributed by atoms with Crippen molar-refractivity contribution in [3.63, 3.8) is 0 Å². The lowest BCUT2D eigenvalue weighted by atomic mass is 10.1. The number of rotatable bonds is 14. The van der Waals surface area contributed by atoms with Crippen molar-refractivity contribution in [1.82, 2.24) is 10.6 Å². The van der Waals surface area contributed by atoms with Crippen molar-refractivity contribution in [2.45, 2.75) is 12.5 Å². The molecule has 1 aromatic rings. The van der Waals surface area contributed by atoms with Gasteiger partial charge in [-0.15, -0.1) is 10.1 Å². The van der Waals surface area contributed by atoms with E-state index in [2.05, 4.69) is 20.8 Å². The van der Waals surface area contributed by atoms with Crippen LogP contribution in [0, 0.1) is 10.1 Å². The molecule has 2 amide bonds. The first-order chi connectivity index (χ1) is 14.0. The molecule has 1 aliphatic rings. The predicted octanol–water partition coefficient (Wildman–Crippen LogP) is -1.15. The van der Waals surface area contributed by atoms with E-state index >= 15 is 0 Å². The SMILES string of the molecule is O=C(COCCO[N+](=O)[O-])NCCNCC(O)COc1cccc2c1CC(=O)N2. The second kappa shape index (κ2) is 11.8. The second-order valence-corrected chi connectivity index (χ2v) is 6.14. The molecule has 0 fully saturated rings. The van der Waals surface area contributed by atoms with Crippen LogP contribution in [0.3, 0.4) is 0 Å². The van der Waals surface area contributed by atoms with Crippen LogP contribution in [0.5, 0.6) is 5.75 Å². The van der Waals surface area contributed by atoms with Gasteiger partial charge in [0, 0.05) is 30.9 Å². The lowest BCUT2D eigenvalue weighted by Gasteiger charge is -2.15. The van der Waals surface area contributed by atoms with Gasteiger partial charge in [-0.25, -0.2) is 0 Å². The van der Waals surface area contributed by atoms with Gasteiger partial charge in [0.25, 0.3) is 5.09 Å². The molecule has 4 N–H and O–H groups in total. The molecule has 0 saturated heterocycles. The van der Waals surface area contributed by atoms with Gasteiger partial charge in [-0.3, -0.25) is 9.59 Å². The zero-order chi connectivity index (χ0) is 21.1. The van der Waals surface area contributed by atoms with Crippen LogP contribution >= 0.6 is 0 Å². The first kappa shape index (κ1) is 22.3. The third-order valence-corrected chi connectivity index (χ3v) is 3.84. The van der Waals surface area contributed by atoms with Crippen LogP contribution in [0.15, 0.2) is 18.2 Å². The molecule has 0 bridgehead atoms. The van der Waals surface area contributed by atoms with Gasteiger partial charge in [0.1, 0.15) is 31.7 Å². The van der Waals surface area contributed by atoms with E-state index in [1.54, 1.807) is 18.2 Å². The quantitative estimate of drug-likeness (QED) is 0.168. The van der Waals surface area contributed by atoms with Crippen LogP contribution in [0.1, 0.15) is 5.56 Å². The van der Waals surface area contributed by atoms with Crippen molar-refractivity contribution in [2.24, 2.45) is 0 Å². The van der Waals surface area contributed by atoms with E-state index in [-0.39, 0.29) is 51.2 Å². The number of ether oxygens (including phenoxy) is 2. The largest absolute Gasteiger partial charge is 0.490 e. The number of carbonyl (C=O) groups excluding carboxylic acids is 2. The first-order valence-corrected chi connectivity index (χ1v) is 9.00. The number of carbonyl (C=O) groups is 2. The number of fused-ring (bicyclic) bond motifs is 1. The molecule has 1 unspecified atom stereocenters. The number of nitrogens with one attached hydrogen (secondary N) is 3. The van der Waals surface area contributed by atoms with E-state index in [0.29, 0.717) is 18.8 Å². The minimum atomic E-state index is -0.931. The highest BCUT2D eigenvalue weighted by molar-refractivity contribution is 6.00. The summed E-state index contributed by atoms with van der Waals surface area (Å²) < 4.78 is 10.5. The molecule has 160 valence electrons. The number of hydrogen-bond acceptors (Lipinski definition) is 9. The Morgan fingerprint density at radius 2 is 2.17 bits per heavy atom. The number of benzene rings is 1. The highest BCUT2D eigenvalue weighted by atomic mass is 17.0. The lowest BCUT2D eigenvalue weighted by Crippen LogP contribution is -2.38. The number of aliphatic hydroxyl groups excluding tert-OH is 1. The Balaban J connectivity index is 1.51. The molecule has 29 heavy (non-hydrogen) atoms. The Labute approximate surface area is 166 Å². The summed E-state index contributed by atoms with van der Waals surface area (Å²) in [4.78, 5) is 36.9. The topological polar surface area (TPSA) is 161 Å². The Morgan fingerprint density at radius 3 is 2.97 bits per heavy atom. The van der Waals surface area contributed by atoms with Crippen LogP contribution in [0.25, 0.3) is 0 Å². The number of aliphatic hydroxyl groups is 1. The molecule has 1 aliphatic heterocycles. The maximum Gasteiger partial charge on any atom is 0.294 e. The second-order valence-electron chi connectivity index (χ2n) is 6.14. The first-order valence-electron chi connectivity index (χ1n) is 9.00. The average molecular weight is 412 g/mol. The van der Waals surface area contributed by atoms with Gasteiger partial charge in [0.2, 0.25) is 11.8 Å². The van der Waals surface area contributed by atoms with Crippen molar-refractivity contribution >= 4 is 17.5 Å². The molecule has 1 heterocycles. The molecule has 1 atom stereocenters. The van der Waals surface area contributed by atoms with Crippen LogP contribution in [-0.2, 0) is 25.6 Å². The predicted molar refractivity (Wildman–Crippen MR) is 99.9 cm³/mol. The van der Waals surface area contributed by atoms with Gasteiger partial charge in [0.15, 0.2) is 0 Å². The summed E-state index contributed by atoms with van der Waals surface area (Å²) in [5.74, 6) is 0.115. The molecule has 0 spiro atoms. The smallest absolute Gasteiger partial charge is 0.294 e. The number of anilines is 1. The van der Waals surface area contributed by atoms with E-state index in [0.717, 1.165) is 11.3 Å². The van der Waals surface area contributed by atoms with Crippen molar-refractivity contribution < 1.29 is 34.1 Å². The van der Waals surface area contributed by atoms with Crippen molar-refractivity contribution in [1.29, 1.82) is 0 Å². The molecular weight excluding hydrogens is 388 g/mol. The Bertz CT molecular complexity index is 715. The summed E-state index contributed by atoms with van der Waals surface area (Å²) in [6.07, 6.45) is -0.511. The molecule has 12 nitrogen and oxygen atoms in total. The molecule has 0 aromatic heterocycles. The van der Waals surface area contributed by atoms with Crippen molar-refractivity contribution in [2.75, 3.05) is 51.4 Å². The number of amides is 2. The van der Waals surface area contributed by atoms with Crippen LogP contribution in [0.2, 0.25) is 0 Å². The lowest BCUT2D eigenvalue weighted by molar-refractivity contribution is -0.758. The number of hydrogen-bond donors (Lipinski definition) is 4. The van der Waals surface area contributed by atoms with Gasteiger partial charge in [-0.2, -0.15) is 0 Å². The molecule has 2 rings (SSSR count). The minimum absolute atomic E-state index is 0.0596. The summed E-state index contributed by atoms with van der Waals surface area (Å²) in [6, 6.07) is 5.32. The summed E-state index contributed by atoms with van der Waals surface area (Å²) in [5.41, 5.74) is 1.51. The minimum Gasteiger partial charge on any atom is -0.490 e. The summed E-state index contributed by atoms with van der Waals surface area (Å²) >= 11 is 0. The Kier molecular flexibility index (Phi) is 9.08. The van der Waals surface area contributed by atoms with E-state index in [1.165, 1.54) is 0 Å². The maximum absolute atomic E-state index is 11.5. The van der Waals surface area contributed by atoms with Crippen LogP contribution < -0.4 is 20.7 Å². The van der Waals surface area contributed by atoms with Crippen LogP contribution in [-0.4, -0.2) is 74.2 Å². The highest BCUT2D eigenvalue weighted by Crippen LogP contribution is 2.31. The molecule has 12 heteroatoms. The fourth-order valence-electron chi connectivity index (χ4n) is 2.55. The van der Waals surface area contributed by atoms with E-state index in [9.17, 15) is 24.8 Å². The van der Waals surface area contributed by atoms with E-state index < -0.39 is 11.2 Å². The van der Waals surface area contributed by atoms with Crippen molar-refractivity contribution in [3.8, 4) is 5.75 Å². The zero-order valence-corrected chi connectivity index (χ0v) is 15.7. The van der Waals surface area contributed by atoms with Gasteiger partial charge >= 0.3 is 0 Å². The maximum atomic E-state index is 11.5. The average Bonchev–Trinajstić information content (AvgIpc) is 3.06. The zero-order valence-electron chi connectivity index (χ0n) is 15.7. The molecule has 0 radical (unpaired) electrons. The molecule has 0 aliphatic carbocycles. The third kappa shape index (κ3) is 8.29. The highest BCUT2D eigenvalue weighted by Gasteiger charge is 2.21. The van der Waals surface area contributed by atoms with Gasteiger partial charge < -0.3 is 35.4 Å². The van der Waals surface area contributed by atoms with Gasteiger partial charge in [-0.1, -0.05) is 6.07 Å². The Morgan fingerprint density at radius 1 is 1.34 bits per heavy atom. The summed E-state index contributed by atoms with van der Waals surface area (Å²) in [6.45, 7) is 0.540. The Hall–Kier alpha value is -2.96. The molecule has 1 aromatic carbocycles. The van der Waals surface area contributed by atoms with E-state index in [4.69, 9.17) is 9.47 Å². The third-order valence-electron chi connectivity index (χ3n) is 3.84. The normalized spacial score (nSPS) is 13.3. The summed E-state index contributed by atoms with van der Waals surface area (Å²) in [7, 11) is 0. The van der Waals surface area contributed by atoms with E-state index in [1.807, 2.05) is 0 Å². The number of nitrogens with zero attached hydrogens (tertiary/aromatic N) is 1. The fraction of sp³-hybridized carbons (Fsp3) is 0.529. The fourth-order valence-corrected chi connectivity index (χ4v) is 2.55. The summed E-state index contributed by atoms with van der Waals surface area (Å²) in [5, 5.41) is 27.3. The van der Waals surface area contributed by atoms with Crippen LogP contribution in [0.4, 0.5) is 5.69 Å². The molecule has 0 saturated carbocycles. The van der Waals surface area contributed by atoms with Gasteiger partial charge in [-0.05, 0) is 12.1 Å². The van der Waals surface area contributed by atoms with Crippen molar-refractivity contribution in [3.05, 3.63) is 33.9 Å². The molecular formula is C17H24N4O8.